The van der Waals surface area contributed by atoms with Gasteiger partial charge in [-0.3, -0.25) is 4.57 Å². The fraction of sp³-hybridized carbons (Fsp3) is 0.855. The van der Waals surface area contributed by atoms with Gasteiger partial charge in [0.05, 0.1) is 117 Å². The van der Waals surface area contributed by atoms with E-state index in [1.807, 2.05) is 6.07 Å². The highest BCUT2D eigenvalue weighted by atomic mass is 33.1. The summed E-state index contributed by atoms with van der Waals surface area (Å²) in [6.07, 6.45) is 25.4. The molecule has 2 N–H and O–H groups in total. The van der Waals surface area contributed by atoms with Gasteiger partial charge in [-0.15, -0.1) is 0 Å². The summed E-state index contributed by atoms with van der Waals surface area (Å²) in [5.41, 5.74) is 0.430. The van der Waals surface area contributed by atoms with Crippen LogP contribution in [0.3, 0.4) is 0 Å². The number of carbonyl (C=O) groups excluding carboxylic acids is 2. The van der Waals surface area contributed by atoms with E-state index in [-0.39, 0.29) is 32.6 Å². The average Bonchev–Trinajstić information content (AvgIpc) is 3.40. The number of esters is 1. The van der Waals surface area contributed by atoms with Gasteiger partial charge in [0.1, 0.15) is 24.7 Å². The summed E-state index contributed by atoms with van der Waals surface area (Å²) < 4.78 is 77.7. The van der Waals surface area contributed by atoms with E-state index in [9.17, 15) is 19.0 Å². The summed E-state index contributed by atoms with van der Waals surface area (Å²) in [5, 5.41) is 2.74. The number of nitrogens with one attached hydrogen (secondary N) is 1. The fourth-order valence-corrected chi connectivity index (χ4v) is 9.78. The van der Waals surface area contributed by atoms with Crippen molar-refractivity contribution in [1.82, 2.24) is 5.32 Å². The molecule has 1 amide bonds. The molecule has 1 aromatic rings. The van der Waals surface area contributed by atoms with Gasteiger partial charge in [-0.2, -0.15) is 0 Å². The Balaban J connectivity index is 2.06. The normalized spacial score (nSPS) is 12.2. The predicted octanol–water partition coefficient (Wildman–Crippen LogP) is 12.3. The molecule has 0 saturated heterocycles. The zero-order valence-corrected chi connectivity index (χ0v) is 49.2. The number of carbonyl (C=O) groups is 2. The van der Waals surface area contributed by atoms with Crippen LogP contribution < -0.4 is 14.8 Å². The van der Waals surface area contributed by atoms with Crippen LogP contribution in [0.1, 0.15) is 166 Å². The number of hydrogen-bond acceptors (Lipinski definition) is 17. The Morgan fingerprint density at radius 2 is 0.827 bits per heavy atom. The lowest BCUT2D eigenvalue weighted by Gasteiger charge is -2.13. The highest BCUT2D eigenvalue weighted by Crippen LogP contribution is 2.41. The quantitative estimate of drug-likeness (QED) is 0.0270. The van der Waals surface area contributed by atoms with E-state index >= 15 is 0 Å². The van der Waals surface area contributed by atoms with Gasteiger partial charge in [-0.1, -0.05) is 151 Å². The van der Waals surface area contributed by atoms with E-state index in [4.69, 9.17) is 56.6 Å². The van der Waals surface area contributed by atoms with Crippen molar-refractivity contribution in [3.8, 4) is 11.5 Å². The molecule has 1 rings (SSSR count). The molecule has 0 spiro atoms. The molecule has 1 atom stereocenters. The third kappa shape index (κ3) is 50.1. The second kappa shape index (κ2) is 55.4. The number of benzene rings is 1. The first kappa shape index (κ1) is 71.1. The smallest absolute Gasteiger partial charge is 0.407 e. The fourth-order valence-electron chi connectivity index (χ4n) is 7.24. The molecule has 0 aliphatic rings. The highest BCUT2D eigenvalue weighted by molar-refractivity contribution is 8.76. The Bertz CT molecular complexity index is 1430. The molecule has 0 fully saturated rings. The van der Waals surface area contributed by atoms with Gasteiger partial charge in [-0.25, -0.2) is 9.59 Å². The summed E-state index contributed by atoms with van der Waals surface area (Å²) in [6, 6.07) is 5.42. The molecule has 0 aliphatic heterocycles. The Kier molecular flexibility index (Phi) is 52.6. The van der Waals surface area contributed by atoms with Crippen molar-refractivity contribution in [2.24, 2.45) is 0 Å². The van der Waals surface area contributed by atoms with Crippen molar-refractivity contribution in [3.63, 3.8) is 0 Å². The first-order valence-electron chi connectivity index (χ1n) is 28.5. The molecule has 0 bridgehead atoms. The lowest BCUT2D eigenvalue weighted by molar-refractivity contribution is -0.0201. The van der Waals surface area contributed by atoms with Crippen molar-refractivity contribution in [2.45, 2.75) is 156 Å². The largest absolute Gasteiger partial charge is 0.493 e. The maximum absolute atomic E-state index is 13.1. The van der Waals surface area contributed by atoms with Crippen molar-refractivity contribution in [2.75, 3.05) is 150 Å². The molecule has 20 heteroatoms. The standard InChI is InChI=1S/C55H102NO16PS2/c1-4-7-9-11-13-15-17-19-21-23-28-68-52-48-51(49-53(50-52)69-29-24-22-20-18-16-14-12-10-8-5-2)54(57)70-43-46-74-75-47-44-71-55(58)56-26-25-27-61-30-31-62-32-33-63-34-35-64-36-37-65-38-39-66-40-41-67-42-45-73(59,60)72-6-3/h48-50H,4-47H2,1-3H3,(H,56,58)(H,59,60). The van der Waals surface area contributed by atoms with Crippen LogP contribution in [0.25, 0.3) is 0 Å². The van der Waals surface area contributed by atoms with Gasteiger partial charge in [0, 0.05) is 30.7 Å². The summed E-state index contributed by atoms with van der Waals surface area (Å²) in [6.45, 7) is 14.3. The highest BCUT2D eigenvalue weighted by Gasteiger charge is 2.17. The van der Waals surface area contributed by atoms with Crippen LogP contribution in [0.15, 0.2) is 18.2 Å². The maximum Gasteiger partial charge on any atom is 0.407 e. The van der Waals surface area contributed by atoms with Crippen molar-refractivity contribution < 1.29 is 75.7 Å². The van der Waals surface area contributed by atoms with E-state index in [1.165, 1.54) is 103 Å². The van der Waals surface area contributed by atoms with Gasteiger partial charge in [0.2, 0.25) is 0 Å². The van der Waals surface area contributed by atoms with Crippen LogP contribution in [-0.4, -0.2) is 167 Å². The van der Waals surface area contributed by atoms with E-state index in [0.717, 1.165) is 25.7 Å². The van der Waals surface area contributed by atoms with Gasteiger partial charge in [-0.05, 0) is 38.3 Å². The second-order valence-corrected chi connectivity index (χ2v) is 22.7. The lowest BCUT2D eigenvalue weighted by Crippen LogP contribution is -2.26. The zero-order chi connectivity index (χ0) is 54.2. The van der Waals surface area contributed by atoms with Crippen LogP contribution in [0, 0.1) is 0 Å². The third-order valence-electron chi connectivity index (χ3n) is 11.3. The van der Waals surface area contributed by atoms with Gasteiger partial charge in [0.15, 0.2) is 0 Å². The predicted molar refractivity (Wildman–Crippen MR) is 302 cm³/mol. The van der Waals surface area contributed by atoms with Gasteiger partial charge >= 0.3 is 19.7 Å². The third-order valence-corrected chi connectivity index (χ3v) is 15.1. The molecule has 0 radical (unpaired) electrons. The lowest BCUT2D eigenvalue weighted by atomic mass is 10.1. The topological polar surface area (TPSA) is 194 Å². The van der Waals surface area contributed by atoms with Crippen molar-refractivity contribution >= 4 is 41.2 Å². The number of hydrogen-bond donors (Lipinski definition) is 2. The molecular weight excluding hydrogens is 1030 g/mol. The van der Waals surface area contributed by atoms with Crippen LogP contribution in [0.5, 0.6) is 11.5 Å². The number of ether oxygens (including phenoxy) is 11. The van der Waals surface area contributed by atoms with Crippen LogP contribution >= 0.6 is 29.2 Å². The molecule has 440 valence electrons. The van der Waals surface area contributed by atoms with Crippen molar-refractivity contribution in [1.29, 1.82) is 0 Å². The number of unbranched alkanes of at least 4 members (excludes halogenated alkanes) is 18. The van der Waals surface area contributed by atoms with E-state index in [0.29, 0.717) is 141 Å². The number of amides is 1. The molecule has 1 aromatic carbocycles. The molecule has 75 heavy (non-hydrogen) atoms. The summed E-state index contributed by atoms with van der Waals surface area (Å²) >= 11 is 0. The van der Waals surface area contributed by atoms with Crippen LogP contribution in [-0.2, 0) is 51.7 Å². The Morgan fingerprint density at radius 3 is 1.24 bits per heavy atom. The number of rotatable bonds is 59. The van der Waals surface area contributed by atoms with E-state index in [1.54, 1.807) is 40.6 Å². The minimum Gasteiger partial charge on any atom is -0.493 e. The maximum atomic E-state index is 13.1. The first-order chi connectivity index (χ1) is 36.8. The van der Waals surface area contributed by atoms with Gasteiger partial charge < -0.3 is 66.8 Å². The minimum absolute atomic E-state index is 0.0391. The molecule has 0 aliphatic carbocycles. The minimum atomic E-state index is -3.55. The Labute approximate surface area is 460 Å². The molecule has 0 saturated carbocycles. The SMILES string of the molecule is CCCCCCCCCCCCOc1cc(OCCCCCCCCCCCC)cc(C(=O)OCCSSCCOC(=O)NCCCOCCOCCOCCOCCOCCOCCOCCP(=O)(O)OCC)c1. The molecule has 0 heterocycles. The van der Waals surface area contributed by atoms with E-state index in [2.05, 4.69) is 19.2 Å². The second-order valence-electron chi connectivity index (χ2n) is 18.0. The molecular formula is C55H102NO16PS2. The van der Waals surface area contributed by atoms with Gasteiger partial charge in [0.25, 0.3) is 0 Å². The average molecular weight is 1130 g/mol. The molecule has 0 aromatic heterocycles. The van der Waals surface area contributed by atoms with Crippen molar-refractivity contribution in [3.05, 3.63) is 23.8 Å². The number of alkyl carbamates (subject to hydrolysis) is 1. The monoisotopic (exact) mass is 1130 g/mol. The molecule has 1 unspecified atom stereocenters. The summed E-state index contributed by atoms with van der Waals surface area (Å²) in [5.74, 6) is 2.08. The van der Waals surface area contributed by atoms with E-state index < -0.39 is 19.7 Å². The summed E-state index contributed by atoms with van der Waals surface area (Å²) in [4.78, 5) is 34.7. The van der Waals surface area contributed by atoms with Crippen LogP contribution in [0.2, 0.25) is 0 Å². The Hall–Kier alpha value is -1.87. The zero-order valence-electron chi connectivity index (χ0n) is 46.7. The summed E-state index contributed by atoms with van der Waals surface area (Å²) in [7, 11) is -0.423. The Morgan fingerprint density at radius 1 is 0.453 bits per heavy atom. The molecule has 17 nitrogen and oxygen atoms in total. The first-order valence-corrected chi connectivity index (χ1v) is 32.8. The van der Waals surface area contributed by atoms with Crippen LogP contribution in [0.4, 0.5) is 4.79 Å².